The Bertz CT molecular complexity index is 1090. The van der Waals surface area contributed by atoms with E-state index in [1.165, 1.54) is 0 Å². The summed E-state index contributed by atoms with van der Waals surface area (Å²) in [7, 11) is 0.710. The Labute approximate surface area is 182 Å². The van der Waals surface area contributed by atoms with E-state index in [0.717, 1.165) is 28.3 Å². The molecule has 1 fully saturated rings. The van der Waals surface area contributed by atoms with Crippen molar-refractivity contribution >= 4 is 31.0 Å². The molecule has 11 heteroatoms. The number of hydrogen-bond acceptors (Lipinski definition) is 7. The van der Waals surface area contributed by atoms with Gasteiger partial charge in [0.1, 0.15) is 29.5 Å². The van der Waals surface area contributed by atoms with Gasteiger partial charge in [0.25, 0.3) is 0 Å². The van der Waals surface area contributed by atoms with Crippen molar-refractivity contribution in [2.24, 2.45) is 7.05 Å². The molecule has 1 saturated heterocycles. The molecule has 4 heterocycles. The molecule has 1 aliphatic rings. The van der Waals surface area contributed by atoms with Gasteiger partial charge in [0.05, 0.1) is 12.4 Å². The first kappa shape index (κ1) is 21.4. The summed E-state index contributed by atoms with van der Waals surface area (Å²) < 4.78 is 9.47. The number of rotatable bonds is 7. The van der Waals surface area contributed by atoms with Crippen molar-refractivity contribution in [3.8, 4) is 11.3 Å². The lowest BCUT2D eigenvalue weighted by Crippen LogP contribution is -2.54. The number of nitrogens with one attached hydrogen (secondary N) is 1. The molecule has 1 N–H and O–H groups in total. The highest BCUT2D eigenvalue weighted by Gasteiger charge is 2.28. The van der Waals surface area contributed by atoms with Gasteiger partial charge in [0, 0.05) is 46.6 Å². The first-order valence-electron chi connectivity index (χ1n) is 10.6. The summed E-state index contributed by atoms with van der Waals surface area (Å²) in [4.78, 5) is 23.4. The number of carbonyl (C=O) groups excluding carboxylic acids is 1. The van der Waals surface area contributed by atoms with Gasteiger partial charge >= 0.3 is 0 Å². The number of aryl methyl sites for hydroxylation is 1. The molecule has 0 saturated carbocycles. The molecule has 3 aromatic rings. The third-order valence-corrected chi connectivity index (χ3v) is 7.13. The van der Waals surface area contributed by atoms with Crippen LogP contribution in [0.1, 0.15) is 6.92 Å². The van der Waals surface area contributed by atoms with Crippen molar-refractivity contribution in [1.29, 1.82) is 0 Å². The fourth-order valence-electron chi connectivity index (χ4n) is 3.51. The van der Waals surface area contributed by atoms with Crippen LogP contribution >= 0.6 is 0 Å². The molecule has 1 atom stereocenters. The molecule has 1 unspecified atom stereocenters. The molecule has 0 bridgehead atoms. The van der Waals surface area contributed by atoms with E-state index in [1.54, 1.807) is 21.8 Å². The monoisotopic (exact) mass is 442 g/mol. The van der Waals surface area contributed by atoms with E-state index < -0.39 is 8.07 Å². The smallest absolute Gasteiger partial charge is 0.242 e. The van der Waals surface area contributed by atoms with Crippen LogP contribution in [0, 0.1) is 0 Å². The maximum atomic E-state index is 12.1. The molecule has 0 aromatic carbocycles. The molecule has 4 rings (SSSR count). The summed E-state index contributed by atoms with van der Waals surface area (Å²) in [6.45, 7) is 11.1. The first-order chi connectivity index (χ1) is 14.7. The summed E-state index contributed by atoms with van der Waals surface area (Å²) in [6.07, 6.45) is 5.46. The van der Waals surface area contributed by atoms with E-state index in [0.29, 0.717) is 32.4 Å². The average Bonchev–Trinajstić information content (AvgIpc) is 3.30. The molecule has 166 valence electrons. The zero-order chi connectivity index (χ0) is 22.2. The molecular formula is C20H30N8O2Si. The molecular weight excluding hydrogens is 412 g/mol. The van der Waals surface area contributed by atoms with Crippen LogP contribution in [0.4, 0.5) is 5.95 Å². The Kier molecular flexibility index (Phi) is 5.80. The highest BCUT2D eigenvalue weighted by molar-refractivity contribution is 6.76. The second-order valence-electron chi connectivity index (χ2n) is 9.16. The van der Waals surface area contributed by atoms with Crippen LogP contribution in [0.3, 0.4) is 0 Å². The van der Waals surface area contributed by atoms with Crippen LogP contribution in [-0.2, 0) is 23.3 Å². The number of nitrogens with zero attached hydrogens (tertiary/aromatic N) is 7. The molecule has 0 spiro atoms. The van der Waals surface area contributed by atoms with Crippen LogP contribution in [-0.4, -0.2) is 69.2 Å². The average molecular weight is 443 g/mol. The molecule has 10 nitrogen and oxygen atoms in total. The molecule has 31 heavy (non-hydrogen) atoms. The van der Waals surface area contributed by atoms with Crippen molar-refractivity contribution in [3.63, 3.8) is 0 Å². The topological polar surface area (TPSA) is 103 Å². The minimum atomic E-state index is -1.16. The van der Waals surface area contributed by atoms with Crippen LogP contribution in [0.15, 0.2) is 18.6 Å². The number of carbonyl (C=O) groups is 1. The number of aromatic nitrogens is 6. The van der Waals surface area contributed by atoms with Gasteiger partial charge in [-0.3, -0.25) is 9.48 Å². The van der Waals surface area contributed by atoms with E-state index in [-0.39, 0.29) is 11.9 Å². The Morgan fingerprint density at radius 2 is 2.10 bits per heavy atom. The van der Waals surface area contributed by atoms with Gasteiger partial charge in [0.15, 0.2) is 0 Å². The van der Waals surface area contributed by atoms with Crippen LogP contribution < -0.4 is 10.2 Å². The standard InChI is InChI=1S/C20H30N8O2Si/c1-14-19(29)21-6-7-27(14)20-22-11-16-18(24-20)17(15-10-23-26(2)12-15)25-28(16)13-30-8-9-31(3,4)5/h10-12,14H,6-9,13H2,1-5H3,(H,21,29). The number of piperazine rings is 1. The van der Waals surface area contributed by atoms with Gasteiger partial charge in [-0.05, 0) is 13.0 Å². The summed E-state index contributed by atoms with van der Waals surface area (Å²) >= 11 is 0. The fourth-order valence-corrected chi connectivity index (χ4v) is 4.27. The Balaban J connectivity index is 1.68. The van der Waals surface area contributed by atoms with Crippen molar-refractivity contribution < 1.29 is 9.53 Å². The van der Waals surface area contributed by atoms with Crippen molar-refractivity contribution in [1.82, 2.24) is 34.8 Å². The van der Waals surface area contributed by atoms with Crippen LogP contribution in [0.25, 0.3) is 22.3 Å². The summed E-state index contributed by atoms with van der Waals surface area (Å²) in [5.74, 6) is 0.508. The van der Waals surface area contributed by atoms with E-state index in [9.17, 15) is 4.79 Å². The highest BCUT2D eigenvalue weighted by Crippen LogP contribution is 2.28. The van der Waals surface area contributed by atoms with Crippen LogP contribution in [0.5, 0.6) is 0 Å². The lowest BCUT2D eigenvalue weighted by Gasteiger charge is -2.32. The third kappa shape index (κ3) is 4.61. The van der Waals surface area contributed by atoms with E-state index in [1.807, 2.05) is 25.1 Å². The number of anilines is 1. The second-order valence-corrected chi connectivity index (χ2v) is 14.8. The normalized spacial score (nSPS) is 17.4. The Hall–Kier alpha value is -2.79. The summed E-state index contributed by atoms with van der Waals surface area (Å²) in [6, 6.07) is 0.769. The lowest BCUT2D eigenvalue weighted by molar-refractivity contribution is -0.122. The van der Waals surface area contributed by atoms with Crippen molar-refractivity contribution in [2.75, 3.05) is 24.6 Å². The van der Waals surface area contributed by atoms with Gasteiger partial charge in [-0.2, -0.15) is 10.2 Å². The number of amides is 1. The minimum absolute atomic E-state index is 0.0195. The lowest BCUT2D eigenvalue weighted by atomic mass is 10.2. The van der Waals surface area contributed by atoms with Gasteiger partial charge in [-0.15, -0.1) is 0 Å². The molecule has 0 radical (unpaired) electrons. The fraction of sp³-hybridized carbons (Fsp3) is 0.550. The SMILES string of the molecule is CC1C(=O)NCCN1c1ncc2c(n1)c(-c1cnn(C)c1)nn2COCC[Si](C)(C)C. The van der Waals surface area contributed by atoms with E-state index in [4.69, 9.17) is 14.8 Å². The number of ether oxygens (including phenoxy) is 1. The Morgan fingerprint density at radius 3 is 2.81 bits per heavy atom. The van der Waals surface area contributed by atoms with E-state index in [2.05, 4.69) is 35.0 Å². The van der Waals surface area contributed by atoms with Crippen LogP contribution in [0.2, 0.25) is 25.7 Å². The summed E-state index contributed by atoms with van der Waals surface area (Å²) in [5, 5.41) is 11.9. The zero-order valence-electron chi connectivity index (χ0n) is 18.8. The van der Waals surface area contributed by atoms with Gasteiger partial charge in [-0.25, -0.2) is 14.6 Å². The predicted molar refractivity (Wildman–Crippen MR) is 121 cm³/mol. The molecule has 3 aromatic heterocycles. The third-order valence-electron chi connectivity index (χ3n) is 5.42. The number of fused-ring (bicyclic) bond motifs is 1. The largest absolute Gasteiger partial charge is 0.360 e. The number of hydrogen-bond donors (Lipinski definition) is 1. The Morgan fingerprint density at radius 1 is 1.29 bits per heavy atom. The van der Waals surface area contributed by atoms with Crippen molar-refractivity contribution in [3.05, 3.63) is 18.6 Å². The second kappa shape index (κ2) is 8.38. The maximum absolute atomic E-state index is 12.1. The first-order valence-corrected chi connectivity index (χ1v) is 14.3. The molecule has 0 aliphatic carbocycles. The van der Waals surface area contributed by atoms with Crippen molar-refractivity contribution in [2.45, 2.75) is 45.4 Å². The van der Waals surface area contributed by atoms with Gasteiger partial charge in [0.2, 0.25) is 11.9 Å². The quantitative estimate of drug-likeness (QED) is 0.440. The highest BCUT2D eigenvalue weighted by atomic mass is 28.3. The van der Waals surface area contributed by atoms with Gasteiger partial charge in [-0.1, -0.05) is 19.6 Å². The van der Waals surface area contributed by atoms with E-state index >= 15 is 0 Å². The maximum Gasteiger partial charge on any atom is 0.242 e. The summed E-state index contributed by atoms with van der Waals surface area (Å²) in [5.41, 5.74) is 3.13. The zero-order valence-corrected chi connectivity index (χ0v) is 19.8. The predicted octanol–water partition coefficient (Wildman–Crippen LogP) is 1.86. The molecule has 1 aliphatic heterocycles. The van der Waals surface area contributed by atoms with Gasteiger partial charge < -0.3 is 15.0 Å². The molecule has 1 amide bonds. The minimum Gasteiger partial charge on any atom is -0.360 e.